The van der Waals surface area contributed by atoms with E-state index in [0.717, 1.165) is 25.9 Å². The molecule has 1 N–H and O–H groups in total. The number of nitrogens with one attached hydrogen (secondary N) is 1. The lowest BCUT2D eigenvalue weighted by molar-refractivity contribution is -0.149. The monoisotopic (exact) mass is 297 g/mol. The van der Waals surface area contributed by atoms with Crippen molar-refractivity contribution in [2.24, 2.45) is 11.8 Å². The van der Waals surface area contributed by atoms with Crippen LogP contribution in [-0.4, -0.2) is 32.8 Å². The maximum Gasteiger partial charge on any atom is 0.312 e. The van der Waals surface area contributed by atoms with Crippen LogP contribution in [0.25, 0.3) is 0 Å². The zero-order valence-electron chi connectivity index (χ0n) is 11.6. The minimum absolute atomic E-state index is 0.195. The zero-order valence-corrected chi connectivity index (χ0v) is 12.4. The van der Waals surface area contributed by atoms with E-state index in [2.05, 4.69) is 5.32 Å². The van der Waals surface area contributed by atoms with E-state index >= 15 is 0 Å². The van der Waals surface area contributed by atoms with Crippen molar-refractivity contribution in [3.63, 3.8) is 0 Å². The Labute approximate surface area is 124 Å². The third kappa shape index (κ3) is 4.12. The van der Waals surface area contributed by atoms with Crippen LogP contribution in [0.4, 0.5) is 0 Å². The van der Waals surface area contributed by atoms with Gasteiger partial charge in [0, 0.05) is 5.02 Å². The lowest BCUT2D eigenvalue weighted by Gasteiger charge is -2.28. The van der Waals surface area contributed by atoms with Crippen molar-refractivity contribution in [1.29, 1.82) is 0 Å². The zero-order chi connectivity index (χ0) is 14.4. The van der Waals surface area contributed by atoms with Gasteiger partial charge in [-0.25, -0.2) is 0 Å². The molecule has 1 aliphatic heterocycles. The number of piperidine rings is 1. The Morgan fingerprint density at radius 3 is 2.85 bits per heavy atom. The predicted molar refractivity (Wildman–Crippen MR) is 78.0 cm³/mol. The van der Waals surface area contributed by atoms with Crippen molar-refractivity contribution in [3.8, 4) is 5.75 Å². The topological polar surface area (TPSA) is 47.6 Å². The lowest BCUT2D eigenvalue weighted by atomic mass is 9.85. The summed E-state index contributed by atoms with van der Waals surface area (Å²) in [6.07, 6.45) is 1.94. The van der Waals surface area contributed by atoms with Crippen LogP contribution in [0.2, 0.25) is 5.02 Å². The number of benzene rings is 1. The van der Waals surface area contributed by atoms with Gasteiger partial charge in [0.15, 0.2) is 0 Å². The Hall–Kier alpha value is -1.26. The molecule has 1 aliphatic rings. The first-order valence-electron chi connectivity index (χ1n) is 6.87. The second-order valence-electron chi connectivity index (χ2n) is 4.99. The molecule has 1 saturated heterocycles. The van der Waals surface area contributed by atoms with Crippen LogP contribution in [0.5, 0.6) is 5.75 Å². The largest absolute Gasteiger partial charge is 0.493 e. The maximum absolute atomic E-state index is 12.0. The molecule has 4 nitrogen and oxygen atoms in total. The van der Waals surface area contributed by atoms with Crippen LogP contribution in [-0.2, 0) is 9.53 Å². The number of esters is 1. The quantitative estimate of drug-likeness (QED) is 0.848. The van der Waals surface area contributed by atoms with Gasteiger partial charge in [0.2, 0.25) is 0 Å². The minimum atomic E-state index is -0.221. The van der Waals surface area contributed by atoms with E-state index in [1.807, 2.05) is 12.1 Å². The average Bonchev–Trinajstić information content (AvgIpc) is 2.48. The second kappa shape index (κ2) is 7.50. The molecule has 0 radical (unpaired) electrons. The van der Waals surface area contributed by atoms with Gasteiger partial charge < -0.3 is 14.8 Å². The van der Waals surface area contributed by atoms with Gasteiger partial charge in [-0.1, -0.05) is 17.7 Å². The molecule has 1 unspecified atom stereocenters. The fraction of sp³-hybridized carbons (Fsp3) is 0.533. The molecule has 0 saturated carbocycles. The Bertz CT molecular complexity index is 446. The van der Waals surface area contributed by atoms with Crippen LogP contribution in [0, 0.1) is 11.8 Å². The molecule has 1 fully saturated rings. The number of rotatable bonds is 5. The molecule has 20 heavy (non-hydrogen) atoms. The summed E-state index contributed by atoms with van der Waals surface area (Å²) in [6, 6.07) is 7.20. The Morgan fingerprint density at radius 2 is 2.20 bits per heavy atom. The summed E-state index contributed by atoms with van der Waals surface area (Å²) in [5.74, 6) is 0.572. The van der Waals surface area contributed by atoms with E-state index in [-0.39, 0.29) is 11.9 Å². The van der Waals surface area contributed by atoms with Crippen LogP contribution in [0.3, 0.4) is 0 Å². The molecule has 0 spiro atoms. The summed E-state index contributed by atoms with van der Waals surface area (Å²) >= 11 is 5.92. The van der Waals surface area contributed by atoms with E-state index in [9.17, 15) is 4.79 Å². The number of methoxy groups -OCH3 is 1. The number of carbonyl (C=O) groups is 1. The highest BCUT2D eigenvalue weighted by Crippen LogP contribution is 2.25. The van der Waals surface area contributed by atoms with Gasteiger partial charge in [-0.2, -0.15) is 0 Å². The first kappa shape index (κ1) is 15.1. The molecule has 5 heteroatoms. The number of ether oxygens (including phenoxy) is 2. The van der Waals surface area contributed by atoms with Gasteiger partial charge in [0.1, 0.15) is 12.4 Å². The molecule has 0 amide bonds. The number of hydrogen-bond acceptors (Lipinski definition) is 4. The molecule has 110 valence electrons. The Kier molecular flexibility index (Phi) is 5.68. The maximum atomic E-state index is 12.0. The van der Waals surface area contributed by atoms with E-state index in [1.165, 1.54) is 7.11 Å². The normalized spacial score (nSPS) is 17.5. The fourth-order valence-electron chi connectivity index (χ4n) is 2.54. The van der Waals surface area contributed by atoms with Crippen LogP contribution < -0.4 is 10.1 Å². The number of hydrogen-bond donors (Lipinski definition) is 1. The third-order valence-electron chi connectivity index (χ3n) is 3.68. The molecule has 0 aliphatic carbocycles. The molecule has 2 rings (SSSR count). The van der Waals surface area contributed by atoms with Gasteiger partial charge in [-0.15, -0.1) is 0 Å². The highest BCUT2D eigenvalue weighted by Gasteiger charge is 2.31. The summed E-state index contributed by atoms with van der Waals surface area (Å²) in [4.78, 5) is 12.0. The van der Waals surface area contributed by atoms with Crippen LogP contribution in [0.1, 0.15) is 12.8 Å². The molecular formula is C15H20ClNO3. The molecular weight excluding hydrogens is 278 g/mol. The molecule has 0 bridgehead atoms. The lowest BCUT2D eigenvalue weighted by Crippen LogP contribution is -2.37. The van der Waals surface area contributed by atoms with E-state index in [4.69, 9.17) is 21.1 Å². The highest BCUT2D eigenvalue weighted by atomic mass is 35.5. The number of halogens is 1. The Morgan fingerprint density at radius 1 is 1.45 bits per heavy atom. The highest BCUT2D eigenvalue weighted by molar-refractivity contribution is 6.30. The SMILES string of the molecule is COC(=O)C(COc1cccc(Cl)c1)C1CCNCC1. The summed E-state index contributed by atoms with van der Waals surface area (Å²) in [5, 5.41) is 3.92. The van der Waals surface area contributed by atoms with Gasteiger partial charge in [-0.05, 0) is 50.0 Å². The third-order valence-corrected chi connectivity index (χ3v) is 3.92. The minimum Gasteiger partial charge on any atom is -0.493 e. The standard InChI is InChI=1S/C15H20ClNO3/c1-19-15(18)14(11-5-7-17-8-6-11)10-20-13-4-2-3-12(16)9-13/h2-4,9,11,14,17H,5-8,10H2,1H3. The summed E-state index contributed by atoms with van der Waals surface area (Å²) < 4.78 is 10.6. The molecule has 1 heterocycles. The van der Waals surface area contributed by atoms with Gasteiger partial charge in [-0.3, -0.25) is 4.79 Å². The summed E-state index contributed by atoms with van der Waals surface area (Å²) in [6.45, 7) is 2.21. The molecule has 1 aromatic carbocycles. The average molecular weight is 298 g/mol. The summed E-state index contributed by atoms with van der Waals surface area (Å²) in [5.41, 5.74) is 0. The van der Waals surface area contributed by atoms with Crippen LogP contribution >= 0.6 is 11.6 Å². The van der Waals surface area contributed by atoms with Crippen molar-refractivity contribution in [2.75, 3.05) is 26.8 Å². The molecule has 0 aromatic heterocycles. The van der Waals surface area contributed by atoms with Crippen LogP contribution in [0.15, 0.2) is 24.3 Å². The predicted octanol–water partition coefficient (Wildman–Crippen LogP) is 2.51. The van der Waals surface area contributed by atoms with Crippen molar-refractivity contribution in [3.05, 3.63) is 29.3 Å². The first-order chi connectivity index (χ1) is 9.70. The van der Waals surface area contributed by atoms with E-state index in [0.29, 0.717) is 23.3 Å². The number of carbonyl (C=O) groups excluding carboxylic acids is 1. The first-order valence-corrected chi connectivity index (χ1v) is 7.25. The van der Waals surface area contributed by atoms with Crippen molar-refractivity contribution < 1.29 is 14.3 Å². The molecule has 1 atom stereocenters. The van der Waals surface area contributed by atoms with E-state index in [1.54, 1.807) is 12.1 Å². The van der Waals surface area contributed by atoms with Gasteiger partial charge in [0.25, 0.3) is 0 Å². The van der Waals surface area contributed by atoms with Gasteiger partial charge in [0.05, 0.1) is 13.0 Å². The van der Waals surface area contributed by atoms with Crippen molar-refractivity contribution in [1.82, 2.24) is 5.32 Å². The smallest absolute Gasteiger partial charge is 0.312 e. The Balaban J connectivity index is 1.98. The second-order valence-corrected chi connectivity index (χ2v) is 5.42. The van der Waals surface area contributed by atoms with Gasteiger partial charge >= 0.3 is 5.97 Å². The summed E-state index contributed by atoms with van der Waals surface area (Å²) in [7, 11) is 1.43. The van der Waals surface area contributed by atoms with E-state index < -0.39 is 0 Å². The molecule has 1 aromatic rings. The van der Waals surface area contributed by atoms with Crippen molar-refractivity contribution in [2.45, 2.75) is 12.8 Å². The fourth-order valence-corrected chi connectivity index (χ4v) is 2.72. The van der Waals surface area contributed by atoms with Crippen molar-refractivity contribution >= 4 is 17.6 Å².